The number of carboxylic acids is 1. The van der Waals surface area contributed by atoms with Crippen molar-refractivity contribution < 1.29 is 14.8 Å². The fourth-order valence-electron chi connectivity index (χ4n) is 1.64. The summed E-state index contributed by atoms with van der Waals surface area (Å²) in [5.74, 6) is -1.19. The van der Waals surface area contributed by atoms with Crippen molar-refractivity contribution in [3.05, 3.63) is 48.8 Å². The fraction of sp³-hybridized carbons (Fsp3) is 0.417. The zero-order valence-electron chi connectivity index (χ0n) is 11.6. The van der Waals surface area contributed by atoms with E-state index < -0.39 is 27.8 Å². The van der Waals surface area contributed by atoms with Crippen molar-refractivity contribution >= 4 is 11.7 Å². The average Bonchev–Trinajstić information content (AvgIpc) is 2.41. The van der Waals surface area contributed by atoms with Crippen LogP contribution in [-0.2, 0) is 17.9 Å². The molecule has 9 heteroatoms. The highest BCUT2D eigenvalue weighted by molar-refractivity contribution is 5.85. The SMILES string of the molecule is CCCn1cc([N+](=O)[O-])c(=O)n(CC=C(C)C(=O)O)c1=O. The van der Waals surface area contributed by atoms with Gasteiger partial charge in [-0.2, -0.15) is 0 Å². The Hall–Kier alpha value is -2.71. The molecule has 0 amide bonds. The molecule has 21 heavy (non-hydrogen) atoms. The molecule has 0 saturated heterocycles. The Kier molecular flexibility index (Phi) is 5.17. The average molecular weight is 297 g/mol. The maximum Gasteiger partial charge on any atom is 0.350 e. The van der Waals surface area contributed by atoms with Gasteiger partial charge in [0.05, 0.1) is 11.1 Å². The van der Waals surface area contributed by atoms with Gasteiger partial charge in [-0.3, -0.25) is 24.0 Å². The molecular formula is C12H15N3O6. The van der Waals surface area contributed by atoms with Crippen LogP contribution >= 0.6 is 0 Å². The molecule has 114 valence electrons. The first-order chi connectivity index (χ1) is 9.79. The number of aryl methyl sites for hydroxylation is 1. The van der Waals surface area contributed by atoms with Gasteiger partial charge in [0, 0.05) is 18.7 Å². The zero-order valence-corrected chi connectivity index (χ0v) is 11.6. The van der Waals surface area contributed by atoms with Crippen LogP contribution in [0, 0.1) is 10.1 Å². The van der Waals surface area contributed by atoms with Gasteiger partial charge in [0.25, 0.3) is 0 Å². The molecular weight excluding hydrogens is 282 g/mol. The van der Waals surface area contributed by atoms with Crippen LogP contribution in [-0.4, -0.2) is 25.1 Å². The predicted molar refractivity (Wildman–Crippen MR) is 73.3 cm³/mol. The van der Waals surface area contributed by atoms with Crippen molar-refractivity contribution in [3.8, 4) is 0 Å². The van der Waals surface area contributed by atoms with Crippen LogP contribution < -0.4 is 11.2 Å². The molecule has 0 unspecified atom stereocenters. The van der Waals surface area contributed by atoms with E-state index in [9.17, 15) is 24.5 Å². The Morgan fingerprint density at radius 1 is 1.48 bits per heavy atom. The molecule has 0 bridgehead atoms. The minimum absolute atomic E-state index is 0.0603. The number of hydrogen-bond donors (Lipinski definition) is 1. The standard InChI is InChI=1S/C12H15N3O6/c1-3-5-13-7-9(15(20)21)10(16)14(12(13)19)6-4-8(2)11(17)18/h4,7H,3,5-6H2,1-2H3,(H,17,18). The third-order valence-corrected chi connectivity index (χ3v) is 2.80. The number of allylic oxidation sites excluding steroid dienone is 1. The number of aliphatic carboxylic acids is 1. The molecule has 0 radical (unpaired) electrons. The summed E-state index contributed by atoms with van der Waals surface area (Å²) >= 11 is 0. The number of aromatic nitrogens is 2. The lowest BCUT2D eigenvalue weighted by molar-refractivity contribution is -0.387. The van der Waals surface area contributed by atoms with Crippen LogP contribution in [0.25, 0.3) is 0 Å². The lowest BCUT2D eigenvalue weighted by Gasteiger charge is -2.07. The molecule has 0 aromatic carbocycles. The van der Waals surface area contributed by atoms with Crippen LogP contribution in [0.2, 0.25) is 0 Å². The van der Waals surface area contributed by atoms with E-state index in [1.165, 1.54) is 6.92 Å². The maximum atomic E-state index is 12.1. The summed E-state index contributed by atoms with van der Waals surface area (Å²) in [6, 6.07) is 0. The highest BCUT2D eigenvalue weighted by atomic mass is 16.6. The molecule has 1 aromatic rings. The van der Waals surface area contributed by atoms with E-state index >= 15 is 0 Å². The topological polar surface area (TPSA) is 124 Å². The second kappa shape index (κ2) is 6.64. The molecule has 0 aliphatic rings. The summed E-state index contributed by atoms with van der Waals surface area (Å²) in [7, 11) is 0. The van der Waals surface area contributed by atoms with Crippen LogP contribution in [0.3, 0.4) is 0 Å². The fourth-order valence-corrected chi connectivity index (χ4v) is 1.64. The normalized spacial score (nSPS) is 11.4. The van der Waals surface area contributed by atoms with Gasteiger partial charge in [-0.1, -0.05) is 13.0 Å². The lowest BCUT2D eigenvalue weighted by Crippen LogP contribution is -2.40. The molecule has 0 aliphatic carbocycles. The quantitative estimate of drug-likeness (QED) is 0.459. The monoisotopic (exact) mass is 297 g/mol. The second-order valence-electron chi connectivity index (χ2n) is 4.36. The number of nitro groups is 1. The molecule has 0 fully saturated rings. The van der Waals surface area contributed by atoms with Crippen LogP contribution in [0.15, 0.2) is 27.4 Å². The highest BCUT2D eigenvalue weighted by Crippen LogP contribution is 2.02. The number of nitrogens with zero attached hydrogens (tertiary/aromatic N) is 3. The molecule has 0 aliphatic heterocycles. The van der Waals surface area contributed by atoms with Gasteiger partial charge >= 0.3 is 22.9 Å². The summed E-state index contributed by atoms with van der Waals surface area (Å²) in [4.78, 5) is 44.6. The Morgan fingerprint density at radius 3 is 2.57 bits per heavy atom. The van der Waals surface area contributed by atoms with E-state index in [1.54, 1.807) is 6.92 Å². The molecule has 0 saturated carbocycles. The summed E-state index contributed by atoms with van der Waals surface area (Å²) < 4.78 is 1.73. The Balaban J connectivity index is 3.45. The molecule has 1 N–H and O–H groups in total. The summed E-state index contributed by atoms with van der Waals surface area (Å²) in [5, 5.41) is 19.6. The molecule has 9 nitrogen and oxygen atoms in total. The summed E-state index contributed by atoms with van der Waals surface area (Å²) in [5.41, 5.74) is -2.53. The number of carboxylic acid groups (broad SMARTS) is 1. The zero-order chi connectivity index (χ0) is 16.2. The van der Waals surface area contributed by atoms with Crippen molar-refractivity contribution in [2.45, 2.75) is 33.4 Å². The van der Waals surface area contributed by atoms with E-state index in [1.807, 2.05) is 0 Å². The van der Waals surface area contributed by atoms with Crippen molar-refractivity contribution in [2.75, 3.05) is 0 Å². The molecule has 1 heterocycles. The van der Waals surface area contributed by atoms with Gasteiger partial charge in [0.15, 0.2) is 0 Å². The van der Waals surface area contributed by atoms with E-state index in [2.05, 4.69) is 0 Å². The Morgan fingerprint density at radius 2 is 2.10 bits per heavy atom. The first kappa shape index (κ1) is 16.3. The third kappa shape index (κ3) is 3.65. The highest BCUT2D eigenvalue weighted by Gasteiger charge is 2.19. The maximum absolute atomic E-state index is 12.1. The van der Waals surface area contributed by atoms with Gasteiger partial charge in [-0.05, 0) is 13.3 Å². The van der Waals surface area contributed by atoms with Gasteiger partial charge in [-0.25, -0.2) is 9.59 Å². The van der Waals surface area contributed by atoms with Crippen molar-refractivity contribution in [1.82, 2.24) is 9.13 Å². The lowest BCUT2D eigenvalue weighted by atomic mass is 10.3. The number of carbonyl (C=O) groups is 1. The molecule has 1 aromatic heterocycles. The number of hydrogen-bond acceptors (Lipinski definition) is 5. The first-order valence-electron chi connectivity index (χ1n) is 6.18. The van der Waals surface area contributed by atoms with Gasteiger partial charge in [-0.15, -0.1) is 0 Å². The molecule has 0 spiro atoms. The largest absolute Gasteiger partial charge is 0.478 e. The van der Waals surface area contributed by atoms with Crippen LogP contribution in [0.5, 0.6) is 0 Å². The van der Waals surface area contributed by atoms with Gasteiger partial charge in [0.1, 0.15) is 0 Å². The second-order valence-corrected chi connectivity index (χ2v) is 4.36. The van der Waals surface area contributed by atoms with E-state index in [0.29, 0.717) is 11.0 Å². The minimum atomic E-state index is -1.19. The Bertz CT molecular complexity index is 713. The van der Waals surface area contributed by atoms with E-state index in [0.717, 1.165) is 16.8 Å². The summed E-state index contributed by atoms with van der Waals surface area (Å²) in [6.45, 7) is 2.97. The third-order valence-electron chi connectivity index (χ3n) is 2.80. The van der Waals surface area contributed by atoms with E-state index in [4.69, 9.17) is 5.11 Å². The van der Waals surface area contributed by atoms with Gasteiger partial charge < -0.3 is 5.11 Å². The van der Waals surface area contributed by atoms with Crippen molar-refractivity contribution in [1.29, 1.82) is 0 Å². The van der Waals surface area contributed by atoms with E-state index in [-0.39, 0.29) is 18.7 Å². The van der Waals surface area contributed by atoms with Crippen LogP contribution in [0.1, 0.15) is 20.3 Å². The van der Waals surface area contributed by atoms with Gasteiger partial charge in [0.2, 0.25) is 0 Å². The molecule has 1 rings (SSSR count). The molecule has 0 atom stereocenters. The Labute approximate surface area is 118 Å². The summed E-state index contributed by atoms with van der Waals surface area (Å²) in [6.07, 6.45) is 2.63. The first-order valence-corrected chi connectivity index (χ1v) is 6.18. The smallest absolute Gasteiger partial charge is 0.350 e. The van der Waals surface area contributed by atoms with Crippen LogP contribution in [0.4, 0.5) is 5.69 Å². The van der Waals surface area contributed by atoms with Crippen molar-refractivity contribution in [3.63, 3.8) is 0 Å². The predicted octanol–water partition coefficient (Wildman–Crippen LogP) is 0.359. The van der Waals surface area contributed by atoms with Crippen molar-refractivity contribution in [2.24, 2.45) is 0 Å². The minimum Gasteiger partial charge on any atom is -0.478 e. The number of rotatable bonds is 6.